The number of alkyl halides is 1. The van der Waals surface area contributed by atoms with Crippen molar-refractivity contribution < 1.29 is 4.74 Å². The Morgan fingerprint density at radius 3 is 2.42 bits per heavy atom. The molecule has 0 saturated heterocycles. The molecule has 4 heteroatoms. The minimum absolute atomic E-state index is 0.236. The SMILES string of the molecule is COc1ccc(C(Cl)c2cc(Cl)cc(Br)c2)cc1C. The Bertz CT molecular complexity index is 578. The van der Waals surface area contributed by atoms with Gasteiger partial charge in [0.15, 0.2) is 0 Å². The van der Waals surface area contributed by atoms with Crippen LogP contribution in [-0.4, -0.2) is 7.11 Å². The average Bonchev–Trinajstić information content (AvgIpc) is 2.36. The maximum Gasteiger partial charge on any atom is 0.121 e. The third kappa shape index (κ3) is 3.44. The van der Waals surface area contributed by atoms with Gasteiger partial charge >= 0.3 is 0 Å². The van der Waals surface area contributed by atoms with E-state index in [1.54, 1.807) is 7.11 Å². The van der Waals surface area contributed by atoms with E-state index in [4.69, 9.17) is 27.9 Å². The molecular formula is C15H13BrCl2O. The normalized spacial score (nSPS) is 12.3. The van der Waals surface area contributed by atoms with E-state index in [9.17, 15) is 0 Å². The minimum atomic E-state index is -0.236. The topological polar surface area (TPSA) is 9.23 Å². The van der Waals surface area contributed by atoms with Crippen molar-refractivity contribution in [3.05, 3.63) is 62.6 Å². The molecule has 2 aromatic rings. The molecule has 2 rings (SSSR count). The van der Waals surface area contributed by atoms with Crippen LogP contribution in [0.25, 0.3) is 0 Å². The van der Waals surface area contributed by atoms with Crippen LogP contribution in [0, 0.1) is 6.92 Å². The molecule has 0 heterocycles. The second-order valence-electron chi connectivity index (χ2n) is 4.29. The standard InChI is InChI=1S/C15H13BrCl2O/c1-9-5-10(3-4-14(9)19-2)15(18)11-6-12(16)8-13(17)7-11/h3-8,15H,1-2H3. The summed E-state index contributed by atoms with van der Waals surface area (Å²) in [5.74, 6) is 0.861. The maximum absolute atomic E-state index is 6.52. The van der Waals surface area contributed by atoms with Crippen LogP contribution in [0.5, 0.6) is 5.75 Å². The molecule has 2 aromatic carbocycles. The van der Waals surface area contributed by atoms with Crippen LogP contribution >= 0.6 is 39.1 Å². The molecule has 100 valence electrons. The Kier molecular flexibility index (Phi) is 4.77. The van der Waals surface area contributed by atoms with Crippen LogP contribution in [0.4, 0.5) is 0 Å². The number of benzene rings is 2. The maximum atomic E-state index is 6.52. The van der Waals surface area contributed by atoms with Crippen LogP contribution in [0.1, 0.15) is 22.1 Å². The fraction of sp³-hybridized carbons (Fsp3) is 0.200. The Morgan fingerprint density at radius 1 is 1.11 bits per heavy atom. The van der Waals surface area contributed by atoms with Gasteiger partial charge in [-0.15, -0.1) is 11.6 Å². The molecule has 1 nitrogen and oxygen atoms in total. The highest BCUT2D eigenvalue weighted by molar-refractivity contribution is 9.10. The molecule has 0 spiro atoms. The Labute approximate surface area is 131 Å². The predicted octanol–water partition coefficient (Wildman–Crippen LogP) is 5.75. The largest absolute Gasteiger partial charge is 0.496 e. The molecule has 0 fully saturated rings. The summed E-state index contributed by atoms with van der Waals surface area (Å²) in [5, 5.41) is 0.430. The zero-order valence-electron chi connectivity index (χ0n) is 10.6. The molecule has 0 saturated carbocycles. The fourth-order valence-corrected chi connectivity index (χ4v) is 3.12. The van der Waals surface area contributed by atoms with Crippen LogP contribution in [0.3, 0.4) is 0 Å². The molecule has 1 unspecified atom stereocenters. The summed E-state index contributed by atoms with van der Waals surface area (Å²) in [7, 11) is 1.66. The summed E-state index contributed by atoms with van der Waals surface area (Å²) in [6.45, 7) is 2.00. The molecule has 0 aliphatic carbocycles. The number of methoxy groups -OCH3 is 1. The van der Waals surface area contributed by atoms with E-state index >= 15 is 0 Å². The smallest absolute Gasteiger partial charge is 0.121 e. The van der Waals surface area contributed by atoms with Gasteiger partial charge in [-0.25, -0.2) is 0 Å². The summed E-state index contributed by atoms with van der Waals surface area (Å²) >= 11 is 16.0. The second-order valence-corrected chi connectivity index (χ2v) is 6.08. The van der Waals surface area contributed by atoms with Gasteiger partial charge in [0, 0.05) is 9.50 Å². The lowest BCUT2D eigenvalue weighted by molar-refractivity contribution is 0.411. The Balaban J connectivity index is 2.38. The monoisotopic (exact) mass is 358 g/mol. The first-order valence-electron chi connectivity index (χ1n) is 5.76. The first kappa shape index (κ1) is 14.7. The Morgan fingerprint density at radius 2 is 1.84 bits per heavy atom. The molecule has 0 N–H and O–H groups in total. The summed E-state index contributed by atoms with van der Waals surface area (Å²) in [4.78, 5) is 0. The summed E-state index contributed by atoms with van der Waals surface area (Å²) in [6, 6.07) is 11.6. The fourth-order valence-electron chi connectivity index (χ4n) is 1.97. The van der Waals surface area contributed by atoms with Crippen LogP contribution in [-0.2, 0) is 0 Å². The molecule has 0 aromatic heterocycles. The lowest BCUT2D eigenvalue weighted by atomic mass is 10.0. The van der Waals surface area contributed by atoms with Gasteiger partial charge in [-0.2, -0.15) is 0 Å². The van der Waals surface area contributed by atoms with E-state index in [1.807, 2.05) is 43.3 Å². The van der Waals surface area contributed by atoms with E-state index in [1.165, 1.54) is 0 Å². The summed E-state index contributed by atoms with van der Waals surface area (Å²) < 4.78 is 6.17. The van der Waals surface area contributed by atoms with E-state index in [0.29, 0.717) is 5.02 Å². The lowest BCUT2D eigenvalue weighted by Gasteiger charge is -2.13. The summed E-state index contributed by atoms with van der Waals surface area (Å²) in [6.07, 6.45) is 0. The van der Waals surface area contributed by atoms with E-state index in [0.717, 1.165) is 26.9 Å². The molecule has 0 radical (unpaired) electrons. The van der Waals surface area contributed by atoms with Crippen molar-refractivity contribution in [1.29, 1.82) is 0 Å². The van der Waals surface area contributed by atoms with Gasteiger partial charge in [0.05, 0.1) is 12.5 Å². The van der Waals surface area contributed by atoms with E-state index < -0.39 is 0 Å². The zero-order chi connectivity index (χ0) is 14.0. The van der Waals surface area contributed by atoms with Gasteiger partial charge in [0.2, 0.25) is 0 Å². The minimum Gasteiger partial charge on any atom is -0.496 e. The van der Waals surface area contributed by atoms with Gasteiger partial charge in [0.1, 0.15) is 5.75 Å². The molecule has 0 aliphatic rings. The Hall–Kier alpha value is -0.700. The number of hydrogen-bond donors (Lipinski definition) is 0. The molecule has 19 heavy (non-hydrogen) atoms. The summed E-state index contributed by atoms with van der Waals surface area (Å²) in [5.41, 5.74) is 3.05. The third-order valence-corrected chi connectivity index (χ3v) is 4.07. The van der Waals surface area contributed by atoms with Gasteiger partial charge < -0.3 is 4.74 Å². The van der Waals surface area contributed by atoms with Gasteiger partial charge in [-0.1, -0.05) is 39.7 Å². The second kappa shape index (κ2) is 6.17. The molecule has 0 aliphatic heterocycles. The average molecular weight is 360 g/mol. The highest BCUT2D eigenvalue weighted by atomic mass is 79.9. The van der Waals surface area contributed by atoms with Crippen LogP contribution in [0.2, 0.25) is 5.02 Å². The predicted molar refractivity (Wildman–Crippen MR) is 84.6 cm³/mol. The van der Waals surface area contributed by atoms with Gasteiger partial charge in [-0.3, -0.25) is 0 Å². The molecule has 0 amide bonds. The van der Waals surface area contributed by atoms with Crippen molar-refractivity contribution in [2.45, 2.75) is 12.3 Å². The van der Waals surface area contributed by atoms with Gasteiger partial charge in [-0.05, 0) is 47.9 Å². The van der Waals surface area contributed by atoms with Crippen molar-refractivity contribution in [2.24, 2.45) is 0 Å². The third-order valence-electron chi connectivity index (χ3n) is 2.89. The van der Waals surface area contributed by atoms with Crippen molar-refractivity contribution in [3.63, 3.8) is 0 Å². The molecule has 1 atom stereocenters. The molecular weight excluding hydrogens is 347 g/mol. The van der Waals surface area contributed by atoms with Crippen LogP contribution in [0.15, 0.2) is 40.9 Å². The van der Waals surface area contributed by atoms with Crippen molar-refractivity contribution in [1.82, 2.24) is 0 Å². The number of hydrogen-bond acceptors (Lipinski definition) is 1. The highest BCUT2D eigenvalue weighted by Crippen LogP contribution is 2.34. The quantitative estimate of drug-likeness (QED) is 0.634. The van der Waals surface area contributed by atoms with E-state index in [-0.39, 0.29) is 5.38 Å². The number of ether oxygens (including phenoxy) is 1. The van der Waals surface area contributed by atoms with Crippen molar-refractivity contribution in [3.8, 4) is 5.75 Å². The number of rotatable bonds is 3. The van der Waals surface area contributed by atoms with Crippen molar-refractivity contribution in [2.75, 3.05) is 7.11 Å². The van der Waals surface area contributed by atoms with E-state index in [2.05, 4.69) is 15.9 Å². The van der Waals surface area contributed by atoms with Crippen LogP contribution < -0.4 is 4.74 Å². The zero-order valence-corrected chi connectivity index (χ0v) is 13.7. The first-order chi connectivity index (χ1) is 9.01. The molecule has 0 bridgehead atoms. The van der Waals surface area contributed by atoms with Gasteiger partial charge in [0.25, 0.3) is 0 Å². The van der Waals surface area contributed by atoms with Crippen molar-refractivity contribution >= 4 is 39.1 Å². The highest BCUT2D eigenvalue weighted by Gasteiger charge is 2.13. The lowest BCUT2D eigenvalue weighted by Crippen LogP contribution is -1.96. The number of halogens is 3. The number of aryl methyl sites for hydroxylation is 1. The first-order valence-corrected chi connectivity index (χ1v) is 7.36.